The molecule has 376 valence electrons. The Morgan fingerprint density at radius 2 is 1.37 bits per heavy atom. The highest BCUT2D eigenvalue weighted by Gasteiger charge is 2.65. The van der Waals surface area contributed by atoms with Crippen LogP contribution in [0, 0.1) is 0 Å². The Labute approximate surface area is 395 Å². The van der Waals surface area contributed by atoms with E-state index in [-0.39, 0.29) is 85.1 Å². The third-order valence-corrected chi connectivity index (χ3v) is 13.3. The van der Waals surface area contributed by atoms with E-state index in [0.717, 1.165) is 61.4 Å². The number of benzene rings is 2. The maximum atomic E-state index is 13.5. The lowest BCUT2D eigenvalue weighted by Crippen LogP contribution is -2.48. The molecule has 2 aromatic carbocycles. The maximum absolute atomic E-state index is 13.5. The van der Waals surface area contributed by atoms with Gasteiger partial charge in [0.1, 0.15) is 12.6 Å². The second-order valence-corrected chi connectivity index (χ2v) is 18.7. The van der Waals surface area contributed by atoms with Crippen molar-refractivity contribution in [2.45, 2.75) is 85.1 Å². The van der Waals surface area contributed by atoms with Crippen molar-refractivity contribution in [3.05, 3.63) is 65.2 Å². The van der Waals surface area contributed by atoms with Crippen LogP contribution in [0.1, 0.15) is 71.2 Å². The Hall–Kier alpha value is -5.09. The van der Waals surface area contributed by atoms with Crippen LogP contribution < -0.4 is 47.9 Å². The summed E-state index contributed by atoms with van der Waals surface area (Å²) in [6, 6.07) is 8.09. The fraction of sp³-hybridized carbons (Fsp3) is 0.571. The highest BCUT2D eigenvalue weighted by molar-refractivity contribution is 8.00. The molecule has 0 aromatic heterocycles. The summed E-state index contributed by atoms with van der Waals surface area (Å²) < 4.78 is 85.2. The number of esters is 1. The van der Waals surface area contributed by atoms with E-state index in [4.69, 9.17) is 24.1 Å². The number of hydrogen-bond acceptors (Lipinski definition) is 15. The number of sulfonamides is 1. The van der Waals surface area contributed by atoms with Gasteiger partial charge in [-0.15, -0.1) is 0 Å². The Morgan fingerprint density at radius 1 is 0.765 bits per heavy atom. The van der Waals surface area contributed by atoms with Crippen molar-refractivity contribution in [2.75, 3.05) is 71.6 Å². The Kier molecular flexibility index (Phi) is 20.6. The van der Waals surface area contributed by atoms with Crippen LogP contribution in [0.3, 0.4) is 0 Å². The van der Waals surface area contributed by atoms with Crippen LogP contribution in [-0.2, 0) is 49.0 Å². The normalized spacial score (nSPS) is 18.6. The molecule has 0 unspecified atom stereocenters. The third kappa shape index (κ3) is 16.8. The largest absolute Gasteiger partial charge is 0.464 e. The van der Waals surface area contributed by atoms with Crippen LogP contribution in [0.25, 0.3) is 0 Å². The first-order valence-electron chi connectivity index (χ1n) is 22.0. The van der Waals surface area contributed by atoms with E-state index in [1.807, 2.05) is 11.8 Å². The smallest absolute Gasteiger partial charge is 0.426 e. The monoisotopic (exact) mass is 1000 g/mol. The number of hydrazine groups is 1. The number of carbonyl (C=O) groups excluding carboxylic acids is 6. The summed E-state index contributed by atoms with van der Waals surface area (Å²) in [5.74, 6) is -2.20. The topological polar surface area (TPSA) is 316 Å². The molecule has 5 rings (SSSR count). The molecule has 21 nitrogen and oxygen atoms in total. The zero-order valence-electron chi connectivity index (χ0n) is 37.1. The van der Waals surface area contributed by atoms with Gasteiger partial charge >= 0.3 is 18.2 Å². The van der Waals surface area contributed by atoms with Gasteiger partial charge < -0.3 is 50.8 Å². The first-order valence-corrected chi connectivity index (χ1v) is 24.6. The molecule has 3 saturated heterocycles. The van der Waals surface area contributed by atoms with Crippen LogP contribution in [-0.4, -0.2) is 145 Å². The Balaban J connectivity index is 0.920. The van der Waals surface area contributed by atoms with Crippen LogP contribution in [0.4, 0.5) is 18.0 Å². The quantitative estimate of drug-likeness (QED) is 0.0222. The van der Waals surface area contributed by atoms with Gasteiger partial charge in [0.2, 0.25) is 27.5 Å². The van der Waals surface area contributed by atoms with Crippen LogP contribution in [0.2, 0.25) is 0 Å². The molecule has 0 bridgehead atoms. The number of nitrogens with two attached hydrogens (primary N) is 1. The Bertz CT molecular complexity index is 2140. The minimum Gasteiger partial charge on any atom is -0.464 e. The molecule has 10 N–H and O–H groups in total. The molecule has 68 heavy (non-hydrogen) atoms. The standard InChI is InChI=1S/C42H58F3N9O12S2/c43-42(44,45)41(53-54-41)29-11-7-28(8-12-29)38(58)50-31(25-35(56)66-20-17-49-37(57)27-9-13-30(14-10-27)68(46,61)62)39(59)48-16-4-19-64-22-24-65-23-21-63-18-3-15-47-34(55)6-2-1-5-33-36-32(26-67-33)51-40(60)52-36/h7-14,31-33,36,53-54H,1-6,15-26H2,(H,47,55)(H,48,59)(H,49,57)(H,50,58)(H2,46,61,62)(H2,51,52,60)/t31-,32+,33+,36+/m1/s1. The molecule has 0 spiro atoms. The van der Waals surface area contributed by atoms with Crippen molar-refractivity contribution < 1.29 is 69.3 Å². The van der Waals surface area contributed by atoms with Gasteiger partial charge in [-0.05, 0) is 67.6 Å². The van der Waals surface area contributed by atoms with Gasteiger partial charge in [-0.3, -0.25) is 24.0 Å². The predicted octanol–water partition coefficient (Wildman–Crippen LogP) is 0.407. The lowest BCUT2D eigenvalue weighted by Gasteiger charge is -2.19. The number of halogens is 3. The van der Waals surface area contributed by atoms with E-state index < -0.39 is 58.0 Å². The molecular weight excluding hydrogens is 944 g/mol. The molecular formula is C42H58F3N9O12S2. The fourth-order valence-corrected chi connectivity index (χ4v) is 9.16. The van der Waals surface area contributed by atoms with Gasteiger partial charge in [0.25, 0.3) is 11.8 Å². The van der Waals surface area contributed by atoms with Crippen molar-refractivity contribution in [2.24, 2.45) is 5.14 Å². The summed E-state index contributed by atoms with van der Waals surface area (Å²) in [5, 5.41) is 21.8. The highest BCUT2D eigenvalue weighted by atomic mass is 32.2. The number of amides is 6. The molecule has 2 aromatic rings. The minimum atomic E-state index is -4.67. The molecule has 3 fully saturated rings. The molecule has 0 saturated carbocycles. The van der Waals surface area contributed by atoms with Crippen molar-refractivity contribution in [1.82, 2.24) is 42.8 Å². The zero-order valence-corrected chi connectivity index (χ0v) is 38.7. The zero-order chi connectivity index (χ0) is 49.2. The van der Waals surface area contributed by atoms with E-state index in [1.54, 1.807) is 0 Å². The number of rotatable bonds is 30. The maximum Gasteiger partial charge on any atom is 0.426 e. The number of hydrogen-bond donors (Lipinski definition) is 9. The minimum absolute atomic E-state index is 0.00514. The van der Waals surface area contributed by atoms with E-state index in [9.17, 15) is 50.4 Å². The fourth-order valence-electron chi connectivity index (χ4n) is 7.10. The number of unbranched alkanes of at least 4 members (excludes halogenated alkanes) is 1. The molecule has 26 heteroatoms. The number of primary sulfonamides is 1. The van der Waals surface area contributed by atoms with Crippen molar-refractivity contribution in [3.8, 4) is 0 Å². The molecule has 6 amide bonds. The number of nitrogens with one attached hydrogen (secondary N) is 8. The predicted molar refractivity (Wildman–Crippen MR) is 239 cm³/mol. The number of fused-ring (bicyclic) bond motifs is 1. The third-order valence-electron chi connectivity index (χ3n) is 10.8. The Morgan fingerprint density at radius 3 is 1.99 bits per heavy atom. The lowest BCUT2D eigenvalue weighted by molar-refractivity contribution is -0.165. The number of thioether (sulfide) groups is 1. The highest BCUT2D eigenvalue weighted by Crippen LogP contribution is 2.42. The molecule has 3 aliphatic rings. The van der Waals surface area contributed by atoms with E-state index in [0.29, 0.717) is 50.9 Å². The number of ether oxygens (including phenoxy) is 4. The molecule has 0 aliphatic carbocycles. The number of alkyl halides is 3. The SMILES string of the molecule is NS(=O)(=O)c1ccc(C(=O)NCCOC(=O)C[C@@H](NC(=O)c2ccc(C3(C(F)(F)F)NN3)cc2)C(=O)NCCCOCCOCCOCCCNC(=O)CCCC[C@@H]2SC[C@@H]3NC(=O)N[C@@H]32)cc1. The molecule has 0 radical (unpaired) electrons. The lowest BCUT2D eigenvalue weighted by atomic mass is 10.0. The summed E-state index contributed by atoms with van der Waals surface area (Å²) in [6.45, 7) is 2.06. The van der Waals surface area contributed by atoms with Crippen molar-refractivity contribution >= 4 is 57.4 Å². The average molecular weight is 1000 g/mol. The van der Waals surface area contributed by atoms with E-state index in [2.05, 4.69) is 42.8 Å². The van der Waals surface area contributed by atoms with Gasteiger partial charge in [-0.1, -0.05) is 18.6 Å². The molecule has 4 atom stereocenters. The summed E-state index contributed by atoms with van der Waals surface area (Å²) in [7, 11) is -3.96. The van der Waals surface area contributed by atoms with Crippen molar-refractivity contribution in [1.29, 1.82) is 0 Å². The molecule has 3 aliphatic heterocycles. The molecule has 3 heterocycles. The van der Waals surface area contributed by atoms with Gasteiger partial charge in [-0.25, -0.2) is 29.2 Å². The first kappa shape index (κ1) is 53.9. The van der Waals surface area contributed by atoms with Crippen molar-refractivity contribution in [3.63, 3.8) is 0 Å². The van der Waals surface area contributed by atoms with E-state index in [1.165, 1.54) is 12.1 Å². The average Bonchev–Trinajstić information content (AvgIpc) is 3.94. The van der Waals surface area contributed by atoms with Gasteiger partial charge in [0.15, 0.2) is 0 Å². The summed E-state index contributed by atoms with van der Waals surface area (Å²) in [6.07, 6.45) is -1.16. The second kappa shape index (κ2) is 26.0. The van der Waals surface area contributed by atoms with Gasteiger partial charge in [0.05, 0.1) is 56.4 Å². The van der Waals surface area contributed by atoms with E-state index >= 15 is 0 Å². The number of urea groups is 1. The van der Waals surface area contributed by atoms with Gasteiger partial charge in [0, 0.05) is 54.9 Å². The van der Waals surface area contributed by atoms with Gasteiger partial charge in [-0.2, -0.15) is 24.9 Å². The summed E-state index contributed by atoms with van der Waals surface area (Å²) in [4.78, 5) is 75.0. The van der Waals surface area contributed by atoms with Crippen LogP contribution in [0.5, 0.6) is 0 Å². The second-order valence-electron chi connectivity index (χ2n) is 15.9. The van der Waals surface area contributed by atoms with Crippen LogP contribution in [0.15, 0.2) is 53.4 Å². The van der Waals surface area contributed by atoms with Crippen LogP contribution >= 0.6 is 11.8 Å². The first-order chi connectivity index (χ1) is 32.5. The summed E-state index contributed by atoms with van der Waals surface area (Å²) >= 11 is 1.86. The summed E-state index contributed by atoms with van der Waals surface area (Å²) in [5.41, 5.74) is 1.52. The number of carbonyl (C=O) groups is 6.